The second-order valence-electron chi connectivity index (χ2n) is 3.55. The Labute approximate surface area is 98.4 Å². The number of carboxylic acid groups (broad SMARTS) is 1. The van der Waals surface area contributed by atoms with Crippen LogP contribution in [0.2, 0.25) is 0 Å². The predicted octanol–water partition coefficient (Wildman–Crippen LogP) is 2.69. The average Bonchev–Trinajstić information content (AvgIpc) is 2.79. The number of ether oxygens (including phenoxy) is 1. The molecule has 0 aliphatic rings. The monoisotopic (exact) mass is 232 g/mol. The van der Waals surface area contributed by atoms with Gasteiger partial charge >= 0.3 is 5.97 Å². The summed E-state index contributed by atoms with van der Waals surface area (Å²) in [5.41, 5.74) is 1.07. The zero-order valence-corrected chi connectivity index (χ0v) is 9.13. The summed E-state index contributed by atoms with van der Waals surface area (Å²) in [4.78, 5) is 10.6. The molecule has 1 N–H and O–H groups in total. The zero-order chi connectivity index (χ0) is 12.1. The van der Waals surface area contributed by atoms with E-state index in [1.54, 1.807) is 6.07 Å². The maximum atomic E-state index is 10.6. The molecule has 4 nitrogen and oxygen atoms in total. The van der Waals surface area contributed by atoms with Gasteiger partial charge in [0, 0.05) is 0 Å². The summed E-state index contributed by atoms with van der Waals surface area (Å²) in [5, 5.41) is 8.67. The van der Waals surface area contributed by atoms with Crippen LogP contribution in [0.1, 0.15) is 21.9 Å². The number of aromatic carboxylic acids is 1. The quantitative estimate of drug-likeness (QED) is 0.861. The van der Waals surface area contributed by atoms with Crippen LogP contribution in [0.3, 0.4) is 0 Å². The van der Waals surface area contributed by atoms with Crippen LogP contribution in [0.15, 0.2) is 46.9 Å². The Kier molecular flexibility index (Phi) is 3.57. The van der Waals surface area contributed by atoms with Crippen LogP contribution in [0.5, 0.6) is 0 Å². The van der Waals surface area contributed by atoms with Crippen LogP contribution in [0.4, 0.5) is 0 Å². The van der Waals surface area contributed by atoms with E-state index in [1.165, 1.54) is 6.07 Å². The lowest BCUT2D eigenvalue weighted by Gasteiger charge is -2.01. The Morgan fingerprint density at radius 1 is 1.12 bits per heavy atom. The highest BCUT2D eigenvalue weighted by molar-refractivity contribution is 5.84. The molecule has 2 rings (SSSR count). The molecule has 0 saturated heterocycles. The van der Waals surface area contributed by atoms with Crippen molar-refractivity contribution >= 4 is 5.97 Å². The molecule has 0 fully saturated rings. The third kappa shape index (κ3) is 3.19. The van der Waals surface area contributed by atoms with Gasteiger partial charge in [-0.25, -0.2) is 4.79 Å². The molecule has 1 heterocycles. The van der Waals surface area contributed by atoms with Crippen molar-refractivity contribution in [3.05, 3.63) is 59.5 Å². The summed E-state index contributed by atoms with van der Waals surface area (Å²) in [6.45, 7) is 0.742. The average molecular weight is 232 g/mol. The predicted molar refractivity (Wildman–Crippen MR) is 60.6 cm³/mol. The van der Waals surface area contributed by atoms with E-state index in [1.807, 2.05) is 30.3 Å². The van der Waals surface area contributed by atoms with Crippen molar-refractivity contribution in [3.8, 4) is 0 Å². The van der Waals surface area contributed by atoms with Crippen molar-refractivity contribution in [3.63, 3.8) is 0 Å². The Balaban J connectivity index is 1.84. The van der Waals surface area contributed by atoms with Crippen LogP contribution in [-0.2, 0) is 18.0 Å². The molecule has 0 atom stereocenters. The topological polar surface area (TPSA) is 59.7 Å². The first-order valence-electron chi connectivity index (χ1n) is 5.19. The zero-order valence-electron chi connectivity index (χ0n) is 9.13. The van der Waals surface area contributed by atoms with Crippen LogP contribution in [0, 0.1) is 0 Å². The van der Waals surface area contributed by atoms with E-state index >= 15 is 0 Å². The lowest BCUT2D eigenvalue weighted by atomic mass is 10.2. The second kappa shape index (κ2) is 5.32. The number of rotatable bonds is 5. The molecule has 2 aromatic rings. The summed E-state index contributed by atoms with van der Waals surface area (Å²) in [5.74, 6) is -0.624. The minimum absolute atomic E-state index is 0.0664. The van der Waals surface area contributed by atoms with Gasteiger partial charge in [0.1, 0.15) is 12.4 Å². The van der Waals surface area contributed by atoms with Crippen LogP contribution in [0.25, 0.3) is 0 Å². The van der Waals surface area contributed by atoms with E-state index in [0.717, 1.165) is 5.56 Å². The minimum atomic E-state index is -1.07. The van der Waals surface area contributed by atoms with E-state index in [9.17, 15) is 4.79 Å². The molecule has 88 valence electrons. The maximum Gasteiger partial charge on any atom is 0.371 e. The Bertz CT molecular complexity index is 487. The van der Waals surface area contributed by atoms with E-state index in [0.29, 0.717) is 12.4 Å². The van der Waals surface area contributed by atoms with Crippen LogP contribution >= 0.6 is 0 Å². The molecule has 0 unspecified atom stereocenters. The smallest absolute Gasteiger partial charge is 0.371 e. The standard InChI is InChI=1S/C13H12O4/c14-13(15)12-7-6-11(17-12)9-16-8-10-4-2-1-3-5-10/h1-7H,8-9H2,(H,14,15). The van der Waals surface area contributed by atoms with E-state index in [2.05, 4.69) is 0 Å². The normalized spacial score (nSPS) is 10.4. The number of hydrogen-bond acceptors (Lipinski definition) is 3. The Morgan fingerprint density at radius 2 is 1.88 bits per heavy atom. The molecule has 0 saturated carbocycles. The number of carbonyl (C=O) groups is 1. The SMILES string of the molecule is O=C(O)c1ccc(COCc2ccccc2)o1. The van der Waals surface area contributed by atoms with Crippen molar-refractivity contribution in [2.24, 2.45) is 0 Å². The van der Waals surface area contributed by atoms with E-state index in [4.69, 9.17) is 14.3 Å². The molecule has 4 heteroatoms. The summed E-state index contributed by atoms with van der Waals surface area (Å²) >= 11 is 0. The minimum Gasteiger partial charge on any atom is -0.475 e. The van der Waals surface area contributed by atoms with Gasteiger partial charge in [-0.15, -0.1) is 0 Å². The number of benzene rings is 1. The van der Waals surface area contributed by atoms with Crippen molar-refractivity contribution in [2.45, 2.75) is 13.2 Å². The first-order chi connectivity index (χ1) is 8.25. The fourth-order valence-electron chi connectivity index (χ4n) is 1.41. The maximum absolute atomic E-state index is 10.6. The second-order valence-corrected chi connectivity index (χ2v) is 3.55. The molecular formula is C13H12O4. The van der Waals surface area contributed by atoms with Gasteiger partial charge in [0.25, 0.3) is 0 Å². The van der Waals surface area contributed by atoms with Crippen LogP contribution in [-0.4, -0.2) is 11.1 Å². The van der Waals surface area contributed by atoms with E-state index < -0.39 is 5.97 Å². The molecule has 0 radical (unpaired) electrons. The lowest BCUT2D eigenvalue weighted by molar-refractivity contribution is 0.0641. The molecule has 0 spiro atoms. The first kappa shape index (κ1) is 11.4. The van der Waals surface area contributed by atoms with Gasteiger partial charge in [-0.3, -0.25) is 0 Å². The van der Waals surface area contributed by atoms with Crippen molar-refractivity contribution < 1.29 is 19.1 Å². The first-order valence-corrected chi connectivity index (χ1v) is 5.19. The summed E-state index contributed by atoms with van der Waals surface area (Å²) in [6.07, 6.45) is 0. The van der Waals surface area contributed by atoms with E-state index in [-0.39, 0.29) is 12.4 Å². The summed E-state index contributed by atoms with van der Waals surface area (Å²) < 4.78 is 10.5. The molecule has 1 aromatic carbocycles. The van der Waals surface area contributed by atoms with Gasteiger partial charge in [0.15, 0.2) is 0 Å². The van der Waals surface area contributed by atoms with Gasteiger partial charge in [0.05, 0.1) is 6.61 Å². The van der Waals surface area contributed by atoms with Crippen molar-refractivity contribution in [2.75, 3.05) is 0 Å². The van der Waals surface area contributed by atoms with Gasteiger partial charge in [-0.1, -0.05) is 30.3 Å². The molecule has 17 heavy (non-hydrogen) atoms. The van der Waals surface area contributed by atoms with Gasteiger partial charge < -0.3 is 14.3 Å². The number of carboxylic acids is 1. The van der Waals surface area contributed by atoms with Gasteiger partial charge in [0.2, 0.25) is 5.76 Å². The number of furan rings is 1. The highest BCUT2D eigenvalue weighted by atomic mass is 16.5. The third-order valence-electron chi connectivity index (χ3n) is 2.23. The fraction of sp³-hybridized carbons (Fsp3) is 0.154. The molecule has 0 amide bonds. The lowest BCUT2D eigenvalue weighted by Crippen LogP contribution is -1.94. The fourth-order valence-corrected chi connectivity index (χ4v) is 1.41. The third-order valence-corrected chi connectivity index (χ3v) is 2.23. The highest BCUT2D eigenvalue weighted by Gasteiger charge is 2.08. The molecule has 0 aliphatic carbocycles. The molecule has 0 bridgehead atoms. The number of hydrogen-bond donors (Lipinski definition) is 1. The molecule has 0 aliphatic heterocycles. The summed E-state index contributed by atoms with van der Waals surface area (Å²) in [6, 6.07) is 12.8. The highest BCUT2D eigenvalue weighted by Crippen LogP contribution is 2.10. The van der Waals surface area contributed by atoms with Crippen molar-refractivity contribution in [1.82, 2.24) is 0 Å². The van der Waals surface area contributed by atoms with Crippen molar-refractivity contribution in [1.29, 1.82) is 0 Å². The van der Waals surface area contributed by atoms with Gasteiger partial charge in [-0.2, -0.15) is 0 Å². The molecule has 1 aromatic heterocycles. The summed E-state index contributed by atoms with van der Waals surface area (Å²) in [7, 11) is 0. The Morgan fingerprint density at radius 3 is 2.53 bits per heavy atom. The Hall–Kier alpha value is -2.07. The van der Waals surface area contributed by atoms with Crippen LogP contribution < -0.4 is 0 Å². The molecular weight excluding hydrogens is 220 g/mol. The largest absolute Gasteiger partial charge is 0.475 e. The van der Waals surface area contributed by atoms with Gasteiger partial charge in [-0.05, 0) is 17.7 Å².